The van der Waals surface area contributed by atoms with Gasteiger partial charge in [-0.3, -0.25) is 0 Å². The summed E-state index contributed by atoms with van der Waals surface area (Å²) < 4.78 is -0.148. The first-order valence-corrected chi connectivity index (χ1v) is 1.69. The normalized spacial score (nSPS) is 6.60. The lowest BCUT2D eigenvalue weighted by Gasteiger charge is -1.60. The highest BCUT2D eigenvalue weighted by Crippen LogP contribution is 1.79. The van der Waals surface area contributed by atoms with E-state index in [1.807, 2.05) is 0 Å². The van der Waals surface area contributed by atoms with Crippen LogP contribution in [0.15, 0.2) is 5.18 Å². The van der Waals surface area contributed by atoms with Crippen LogP contribution in [0.4, 0.5) is 0 Å². The second-order valence-corrected chi connectivity index (χ2v) is 1.49. The quantitative estimate of drug-likeness (QED) is 0.284. The predicted octanol–water partition coefficient (Wildman–Crippen LogP) is 0.967. The molecule has 0 atom stereocenters. The monoisotopic (exact) mass is 107 g/mol. The predicted molar refractivity (Wildman–Crippen MR) is 27.4 cm³/mol. The minimum Gasteiger partial charge on any atom is -0.143 e. The molecule has 0 radical (unpaired) electrons. The van der Waals surface area contributed by atoms with Crippen molar-refractivity contribution in [1.29, 1.82) is 0 Å². The van der Waals surface area contributed by atoms with Crippen molar-refractivity contribution in [3.8, 4) is 0 Å². The summed E-state index contributed by atoms with van der Waals surface area (Å²) in [6.07, 6.45) is 0. The minimum atomic E-state index is -0.148. The molecule has 0 unspecified atom stereocenters. The maximum atomic E-state index is 9.04. The van der Waals surface area contributed by atoms with E-state index < -0.39 is 0 Å². The van der Waals surface area contributed by atoms with E-state index in [2.05, 4.69) is 30.0 Å². The second kappa shape index (κ2) is 2.29. The van der Waals surface area contributed by atoms with Gasteiger partial charge in [0.25, 0.3) is 0 Å². The van der Waals surface area contributed by atoms with E-state index in [0.717, 1.165) is 0 Å². The topological polar surface area (TPSA) is 29.4 Å². The van der Waals surface area contributed by atoms with Crippen molar-refractivity contribution >= 4 is 29.2 Å². The maximum Gasteiger partial charge on any atom is 0.201 e. The average molecular weight is 107 g/mol. The summed E-state index contributed by atoms with van der Waals surface area (Å²) in [5.41, 5.74) is 0. The largest absolute Gasteiger partial charge is 0.201 e. The number of rotatable bonds is 0. The molecular weight excluding hydrogens is 106 g/mol. The van der Waals surface area contributed by atoms with Crippen LogP contribution in [0, 0.1) is 4.91 Å². The number of thiocarbonyl (C=S) groups is 1. The van der Waals surface area contributed by atoms with Gasteiger partial charge >= 0.3 is 0 Å². The summed E-state index contributed by atoms with van der Waals surface area (Å²) in [6.45, 7) is 0. The fraction of sp³-hybridized carbons (Fsp3) is 0. The van der Waals surface area contributed by atoms with Crippen molar-refractivity contribution in [2.75, 3.05) is 0 Å². The Morgan fingerprint density at radius 1 is 2.00 bits per heavy atom. The lowest BCUT2D eigenvalue weighted by atomic mass is 11.5. The van der Waals surface area contributed by atoms with E-state index in [4.69, 9.17) is 4.91 Å². The van der Waals surface area contributed by atoms with Crippen molar-refractivity contribution in [1.82, 2.24) is 0 Å². The molecule has 0 aliphatic heterocycles. The van der Waals surface area contributed by atoms with Gasteiger partial charge in [-0.05, 0) is 17.4 Å². The van der Waals surface area contributed by atoms with Gasteiger partial charge in [0.15, 0.2) is 0 Å². The Hall–Kier alpha value is 0.0400. The van der Waals surface area contributed by atoms with E-state index >= 15 is 0 Å². The van der Waals surface area contributed by atoms with Crippen LogP contribution < -0.4 is 0 Å². The molecule has 0 spiro atoms. The Kier molecular flexibility index (Phi) is 2.31. The molecule has 0 aliphatic carbocycles. The second-order valence-electron chi connectivity index (χ2n) is 0.374. The summed E-state index contributed by atoms with van der Waals surface area (Å²) in [7, 11) is 0. The van der Waals surface area contributed by atoms with Crippen molar-refractivity contribution in [3.05, 3.63) is 4.91 Å². The highest BCUT2D eigenvalue weighted by Gasteiger charge is 1.72. The molecule has 4 heteroatoms. The number of hydrogen-bond acceptors (Lipinski definition) is 2. The Labute approximate surface area is 39.9 Å². The summed E-state index contributed by atoms with van der Waals surface area (Å²) >= 11 is 7.43. The average Bonchev–Trinajstić information content (AvgIpc) is 1.38. The Bertz CT molecular complexity index is 60.7. The van der Waals surface area contributed by atoms with Gasteiger partial charge in [-0.15, -0.1) is 17.5 Å². The molecule has 0 N–H and O–H groups in total. The van der Waals surface area contributed by atoms with Gasteiger partial charge in [-0.2, -0.15) is 0 Å². The first-order valence-electron chi connectivity index (χ1n) is 0.834. The highest BCUT2D eigenvalue weighted by atomic mass is 32.1. The molecule has 28 valence electrons. The number of nitroso groups, excluding NO2 is 1. The zero-order valence-corrected chi connectivity index (χ0v) is 3.92. The standard InChI is InChI=1S/CHNOS2/c3-2-1(4)5/h(H,4,5). The number of nitrogens with zero attached hydrogens (tertiary/aromatic N) is 1. The van der Waals surface area contributed by atoms with Gasteiger partial charge in [0.05, 0.1) is 0 Å². The smallest absolute Gasteiger partial charge is 0.143 e. The lowest BCUT2D eigenvalue weighted by molar-refractivity contribution is 1.78. The SMILES string of the molecule is O=NC(=S)S. The third kappa shape index (κ3) is 4.04. The van der Waals surface area contributed by atoms with Crippen LogP contribution in [0.1, 0.15) is 0 Å². The van der Waals surface area contributed by atoms with E-state index in [1.54, 1.807) is 0 Å². The summed E-state index contributed by atoms with van der Waals surface area (Å²) in [5.74, 6) is 0. The molecule has 0 rings (SSSR count). The molecule has 0 aliphatic rings. The number of thiol groups is 1. The maximum absolute atomic E-state index is 9.04. The van der Waals surface area contributed by atoms with Crippen molar-refractivity contribution in [2.24, 2.45) is 5.18 Å². The Morgan fingerprint density at radius 3 is 2.20 bits per heavy atom. The van der Waals surface area contributed by atoms with Gasteiger partial charge in [0.1, 0.15) is 0 Å². The van der Waals surface area contributed by atoms with Crippen LogP contribution in [0.3, 0.4) is 0 Å². The van der Waals surface area contributed by atoms with E-state index in [-0.39, 0.29) is 4.32 Å². The first-order chi connectivity index (χ1) is 2.27. The molecule has 0 heterocycles. The van der Waals surface area contributed by atoms with Crippen LogP contribution in [0.2, 0.25) is 0 Å². The van der Waals surface area contributed by atoms with Gasteiger partial charge in [-0.1, -0.05) is 0 Å². The van der Waals surface area contributed by atoms with E-state index in [1.165, 1.54) is 0 Å². The fourth-order valence-electron chi connectivity index (χ4n) is 0. The van der Waals surface area contributed by atoms with Crippen molar-refractivity contribution in [2.45, 2.75) is 0 Å². The molecule has 0 saturated heterocycles. The fourth-order valence-corrected chi connectivity index (χ4v) is 0. The van der Waals surface area contributed by atoms with Crippen molar-refractivity contribution < 1.29 is 0 Å². The molecule has 2 nitrogen and oxygen atoms in total. The Morgan fingerprint density at radius 2 is 2.20 bits per heavy atom. The molecule has 0 aromatic heterocycles. The molecule has 0 fully saturated rings. The van der Waals surface area contributed by atoms with Crippen LogP contribution in [0.5, 0.6) is 0 Å². The highest BCUT2D eigenvalue weighted by molar-refractivity contribution is 8.11. The van der Waals surface area contributed by atoms with Crippen LogP contribution in [-0.2, 0) is 0 Å². The van der Waals surface area contributed by atoms with Crippen LogP contribution in [-0.4, -0.2) is 4.32 Å². The van der Waals surface area contributed by atoms with E-state index in [0.29, 0.717) is 0 Å². The van der Waals surface area contributed by atoms with Crippen LogP contribution >= 0.6 is 24.8 Å². The molecule has 0 aromatic carbocycles. The third-order valence-electron chi connectivity index (χ3n) is 0.0781. The molecule has 0 saturated carbocycles. The van der Waals surface area contributed by atoms with Gasteiger partial charge in [0, 0.05) is 0 Å². The van der Waals surface area contributed by atoms with Crippen LogP contribution in [0.25, 0.3) is 0 Å². The summed E-state index contributed by atoms with van der Waals surface area (Å²) in [5, 5.41) is 2.23. The minimum absolute atomic E-state index is 0.148. The lowest BCUT2D eigenvalue weighted by Crippen LogP contribution is -1.61. The zero-order valence-electron chi connectivity index (χ0n) is 2.21. The molecule has 0 aromatic rings. The molecular formula is CHNOS2. The van der Waals surface area contributed by atoms with Crippen molar-refractivity contribution in [3.63, 3.8) is 0 Å². The molecule has 0 amide bonds. The molecule has 5 heavy (non-hydrogen) atoms. The molecule has 0 bridgehead atoms. The Balaban J connectivity index is 3.20. The first kappa shape index (κ1) is 5.04. The van der Waals surface area contributed by atoms with Gasteiger partial charge in [-0.25, -0.2) is 0 Å². The zero-order chi connectivity index (χ0) is 4.28. The van der Waals surface area contributed by atoms with Gasteiger partial charge < -0.3 is 0 Å². The van der Waals surface area contributed by atoms with Gasteiger partial charge in [0.2, 0.25) is 4.32 Å². The van der Waals surface area contributed by atoms with E-state index in [9.17, 15) is 0 Å². The third-order valence-corrected chi connectivity index (χ3v) is 0.234. The number of hydrogen-bond donors (Lipinski definition) is 1. The summed E-state index contributed by atoms with van der Waals surface area (Å²) in [4.78, 5) is 9.04. The summed E-state index contributed by atoms with van der Waals surface area (Å²) in [6, 6.07) is 0.